The second-order valence-electron chi connectivity index (χ2n) is 10.2. The molecule has 5 heteroatoms. The number of Topliss-reactive ketones (excluding diaryl/α,β-unsaturated/α-hetero) is 2. The van der Waals surface area contributed by atoms with Gasteiger partial charge in [0.2, 0.25) is 0 Å². The van der Waals surface area contributed by atoms with Gasteiger partial charge in [-0.1, -0.05) is 24.6 Å². The second kappa shape index (κ2) is 8.16. The summed E-state index contributed by atoms with van der Waals surface area (Å²) in [7, 11) is 0. The lowest BCUT2D eigenvalue weighted by atomic mass is 9.62. The number of rotatable bonds is 3. The van der Waals surface area contributed by atoms with Crippen molar-refractivity contribution in [1.82, 2.24) is 10.2 Å². The molecule has 0 aromatic heterocycles. The van der Waals surface area contributed by atoms with Gasteiger partial charge in [-0.3, -0.25) is 9.59 Å². The molecule has 0 radical (unpaired) electrons. The molecule has 1 aliphatic carbocycles. The smallest absolute Gasteiger partial charge is 0.317 e. The van der Waals surface area contributed by atoms with Crippen molar-refractivity contribution in [2.45, 2.75) is 85.1 Å². The van der Waals surface area contributed by atoms with Crippen molar-refractivity contribution >= 4 is 17.6 Å². The van der Waals surface area contributed by atoms with Crippen LogP contribution in [0, 0.1) is 26.2 Å². The van der Waals surface area contributed by atoms with Crippen molar-refractivity contribution in [3.63, 3.8) is 0 Å². The molecule has 1 spiro atoms. The third-order valence-corrected chi connectivity index (χ3v) is 7.21. The van der Waals surface area contributed by atoms with Gasteiger partial charge in [-0.2, -0.15) is 0 Å². The molecule has 1 aromatic carbocycles. The van der Waals surface area contributed by atoms with Crippen molar-refractivity contribution in [3.05, 3.63) is 34.4 Å². The van der Waals surface area contributed by atoms with E-state index in [2.05, 4.69) is 24.4 Å². The normalized spacial score (nSPS) is 20.0. The van der Waals surface area contributed by atoms with Crippen LogP contribution in [0.1, 0.15) is 81.0 Å². The summed E-state index contributed by atoms with van der Waals surface area (Å²) >= 11 is 0. The Hall–Kier alpha value is -2.17. The van der Waals surface area contributed by atoms with Gasteiger partial charge in [-0.25, -0.2) is 4.79 Å². The predicted molar refractivity (Wildman–Crippen MR) is 119 cm³/mol. The van der Waals surface area contributed by atoms with Crippen LogP contribution in [-0.4, -0.2) is 41.1 Å². The lowest BCUT2D eigenvalue weighted by Crippen LogP contribution is -2.54. The summed E-state index contributed by atoms with van der Waals surface area (Å²) in [5, 5.41) is 3.08. The van der Waals surface area contributed by atoms with Crippen LogP contribution >= 0.6 is 0 Å². The Morgan fingerprint density at radius 3 is 2.03 bits per heavy atom. The van der Waals surface area contributed by atoms with E-state index in [4.69, 9.17) is 0 Å². The molecule has 0 unspecified atom stereocenters. The molecule has 1 aromatic rings. The highest BCUT2D eigenvalue weighted by Crippen LogP contribution is 2.46. The Bertz CT molecular complexity index is 820. The van der Waals surface area contributed by atoms with E-state index in [-0.39, 0.29) is 28.6 Å². The fourth-order valence-electron chi connectivity index (χ4n) is 5.15. The molecule has 0 bridgehead atoms. The molecule has 164 valence electrons. The number of nitrogens with zero attached hydrogens (tertiary/aromatic N) is 1. The maximum absolute atomic E-state index is 13.2. The monoisotopic (exact) mass is 412 g/mol. The van der Waals surface area contributed by atoms with E-state index >= 15 is 0 Å². The molecular weight excluding hydrogens is 376 g/mol. The fourth-order valence-corrected chi connectivity index (χ4v) is 5.15. The van der Waals surface area contributed by atoms with Gasteiger partial charge in [-0.05, 0) is 76.0 Å². The highest BCUT2D eigenvalue weighted by atomic mass is 16.2. The van der Waals surface area contributed by atoms with Gasteiger partial charge in [0.05, 0.1) is 0 Å². The number of nitrogens with one attached hydrogen (secondary N) is 1. The fraction of sp³-hybridized carbons (Fsp3) is 0.640. The highest BCUT2D eigenvalue weighted by molar-refractivity contribution is 6.10. The van der Waals surface area contributed by atoms with E-state index in [0.717, 1.165) is 28.7 Å². The van der Waals surface area contributed by atoms with Gasteiger partial charge in [0.1, 0.15) is 17.5 Å². The Morgan fingerprint density at radius 1 is 1.07 bits per heavy atom. The lowest BCUT2D eigenvalue weighted by Gasteiger charge is -2.45. The molecule has 2 aliphatic rings. The number of hydrogen-bond acceptors (Lipinski definition) is 3. The molecule has 1 saturated carbocycles. The van der Waals surface area contributed by atoms with Crippen LogP contribution in [0.15, 0.2) is 12.1 Å². The average Bonchev–Trinajstić information content (AvgIpc) is 2.63. The van der Waals surface area contributed by atoms with Crippen LogP contribution in [0.5, 0.6) is 0 Å². The Labute approximate surface area is 180 Å². The first-order valence-electron chi connectivity index (χ1n) is 11.2. The first-order valence-corrected chi connectivity index (χ1v) is 11.2. The number of urea groups is 1. The largest absolute Gasteiger partial charge is 0.333 e. The van der Waals surface area contributed by atoms with E-state index in [0.29, 0.717) is 38.8 Å². The summed E-state index contributed by atoms with van der Waals surface area (Å²) in [6, 6.07) is 4.07. The topological polar surface area (TPSA) is 66.5 Å². The van der Waals surface area contributed by atoms with Crippen LogP contribution in [0.3, 0.4) is 0 Å². The van der Waals surface area contributed by atoms with Crippen molar-refractivity contribution < 1.29 is 14.4 Å². The minimum Gasteiger partial charge on any atom is -0.333 e. The number of benzene rings is 1. The summed E-state index contributed by atoms with van der Waals surface area (Å²) < 4.78 is 0. The van der Waals surface area contributed by atoms with Crippen molar-refractivity contribution in [2.75, 3.05) is 13.1 Å². The Morgan fingerprint density at radius 2 is 1.57 bits per heavy atom. The van der Waals surface area contributed by atoms with Crippen molar-refractivity contribution in [1.29, 1.82) is 0 Å². The molecule has 30 heavy (non-hydrogen) atoms. The van der Waals surface area contributed by atoms with Crippen LogP contribution in [0.2, 0.25) is 0 Å². The van der Waals surface area contributed by atoms with Gasteiger partial charge < -0.3 is 10.2 Å². The summed E-state index contributed by atoms with van der Waals surface area (Å²) in [4.78, 5) is 40.8. The zero-order valence-electron chi connectivity index (χ0n) is 19.4. The number of hydrogen-bond donors (Lipinski definition) is 1. The second-order valence-corrected chi connectivity index (χ2v) is 10.2. The zero-order chi connectivity index (χ0) is 22.3. The van der Waals surface area contributed by atoms with E-state index in [1.54, 1.807) is 0 Å². The zero-order valence-corrected chi connectivity index (χ0v) is 19.4. The Balaban J connectivity index is 1.70. The molecule has 2 fully saturated rings. The van der Waals surface area contributed by atoms with Gasteiger partial charge in [0.15, 0.2) is 0 Å². The maximum atomic E-state index is 13.2. The molecule has 3 rings (SSSR count). The van der Waals surface area contributed by atoms with Crippen molar-refractivity contribution in [3.8, 4) is 0 Å². The standard InChI is InChI=1S/C25H36N2O3/c1-7-24(5,6)26-23(30)27-10-8-25(9-11-27)14-19(28)22(20(29)15-25)21-17(3)12-16(2)13-18(21)4/h12-13,22H,7-11,14-15H2,1-6H3,(H,26,30). The number of carbonyl (C=O) groups is 3. The summed E-state index contributed by atoms with van der Waals surface area (Å²) in [6.07, 6.45) is 3.16. The van der Waals surface area contributed by atoms with Crippen molar-refractivity contribution in [2.24, 2.45) is 5.41 Å². The number of likely N-dealkylation sites (tertiary alicyclic amines) is 1. The summed E-state index contributed by atoms with van der Waals surface area (Å²) in [5.41, 5.74) is 3.59. The first kappa shape index (κ1) is 22.5. The molecule has 5 nitrogen and oxygen atoms in total. The SMILES string of the molecule is CCC(C)(C)NC(=O)N1CCC2(CC1)CC(=O)C(c1c(C)cc(C)cc1C)C(=O)C2. The number of ketones is 2. The third-order valence-electron chi connectivity index (χ3n) is 7.21. The van der Waals surface area contributed by atoms with E-state index in [1.807, 2.05) is 39.5 Å². The number of aryl methyl sites for hydroxylation is 3. The number of carbonyl (C=O) groups excluding carboxylic acids is 3. The van der Waals surface area contributed by atoms with Crippen LogP contribution in [0.4, 0.5) is 4.79 Å². The minimum atomic E-state index is -0.622. The third kappa shape index (κ3) is 4.45. The molecule has 1 aliphatic heterocycles. The summed E-state index contributed by atoms with van der Waals surface area (Å²) in [6.45, 7) is 13.3. The molecule has 1 N–H and O–H groups in total. The van der Waals surface area contributed by atoms with Gasteiger partial charge in [0, 0.05) is 31.5 Å². The van der Waals surface area contributed by atoms with E-state index < -0.39 is 5.92 Å². The number of piperidine rings is 1. The van der Waals surface area contributed by atoms with E-state index in [9.17, 15) is 14.4 Å². The maximum Gasteiger partial charge on any atom is 0.317 e. The molecular formula is C25H36N2O3. The molecule has 1 heterocycles. The van der Waals surface area contributed by atoms with Gasteiger partial charge >= 0.3 is 6.03 Å². The average molecular weight is 413 g/mol. The van der Waals surface area contributed by atoms with Crippen LogP contribution in [0.25, 0.3) is 0 Å². The van der Waals surface area contributed by atoms with Gasteiger partial charge in [0.25, 0.3) is 0 Å². The first-order chi connectivity index (χ1) is 14.0. The summed E-state index contributed by atoms with van der Waals surface area (Å²) in [5.74, 6) is -0.527. The minimum absolute atomic E-state index is 0.0473. The molecule has 2 amide bonds. The lowest BCUT2D eigenvalue weighted by molar-refractivity contribution is -0.138. The van der Waals surface area contributed by atoms with Crippen LogP contribution < -0.4 is 5.32 Å². The molecule has 0 atom stereocenters. The molecule has 1 saturated heterocycles. The number of amides is 2. The van der Waals surface area contributed by atoms with Gasteiger partial charge in [-0.15, -0.1) is 0 Å². The highest BCUT2D eigenvalue weighted by Gasteiger charge is 2.48. The van der Waals surface area contributed by atoms with E-state index in [1.165, 1.54) is 0 Å². The Kier molecular flexibility index (Phi) is 6.13. The quantitative estimate of drug-likeness (QED) is 0.738. The predicted octanol–water partition coefficient (Wildman–Crippen LogP) is 4.61. The van der Waals surface area contributed by atoms with Crippen LogP contribution in [-0.2, 0) is 9.59 Å².